The van der Waals surface area contributed by atoms with Crippen LogP contribution in [0.3, 0.4) is 0 Å². The van der Waals surface area contributed by atoms with Gasteiger partial charge in [-0.15, -0.1) is 0 Å². The molecule has 31 heavy (non-hydrogen) atoms. The monoisotopic (exact) mass is 426 g/mol. The lowest BCUT2D eigenvalue weighted by Crippen LogP contribution is -2.45. The van der Waals surface area contributed by atoms with E-state index in [0.29, 0.717) is 5.65 Å². The predicted octanol–water partition coefficient (Wildman–Crippen LogP) is -1.10. The van der Waals surface area contributed by atoms with Crippen LogP contribution < -0.4 is 21.5 Å². The maximum atomic E-state index is 12.8. The number of likely N-dealkylation sites (N-methyl/N-ethyl adjacent to an activating group) is 1. The highest BCUT2D eigenvalue weighted by molar-refractivity contribution is 5.76. The number of nitrogens with zero attached hydrogens (tertiary/aromatic N) is 7. The van der Waals surface area contributed by atoms with Gasteiger partial charge in [-0.3, -0.25) is 14.2 Å². The smallest absolute Gasteiger partial charge is 0.332 e. The van der Waals surface area contributed by atoms with Gasteiger partial charge < -0.3 is 19.7 Å². The van der Waals surface area contributed by atoms with Crippen molar-refractivity contribution >= 4 is 22.9 Å². The SMILES string of the molecule is CN1CCN(c2ncccc2CNC(=O)Cn2c(=O)c3c(ncn3C)n(C)c2=O)CC1. The standard InChI is InChI=1S/C20H26N8O3/c1-24-7-9-27(10-8-24)17-14(5-4-6-21-17)11-22-15(29)12-28-19(30)16-18(23-13-25(16)2)26(3)20(28)31/h4-6,13H,7-12H2,1-3H3,(H,22,29). The van der Waals surface area contributed by atoms with Gasteiger partial charge in [-0.05, 0) is 13.1 Å². The summed E-state index contributed by atoms with van der Waals surface area (Å²) >= 11 is 0. The van der Waals surface area contributed by atoms with Gasteiger partial charge in [-0.25, -0.2) is 19.3 Å². The number of hydrogen-bond donors (Lipinski definition) is 1. The van der Waals surface area contributed by atoms with Crippen LogP contribution in [-0.4, -0.2) is 67.7 Å². The van der Waals surface area contributed by atoms with Crippen molar-refractivity contribution in [1.29, 1.82) is 0 Å². The third-order valence-electron chi connectivity index (χ3n) is 5.65. The molecule has 0 atom stereocenters. The Bertz CT molecular complexity index is 1230. The van der Waals surface area contributed by atoms with Gasteiger partial charge in [0.05, 0.1) is 6.33 Å². The van der Waals surface area contributed by atoms with Gasteiger partial charge in [0.2, 0.25) is 5.91 Å². The van der Waals surface area contributed by atoms with Gasteiger partial charge in [0.25, 0.3) is 5.56 Å². The van der Waals surface area contributed by atoms with Crippen LogP contribution in [0, 0.1) is 0 Å². The number of anilines is 1. The van der Waals surface area contributed by atoms with Crippen molar-refractivity contribution in [2.45, 2.75) is 13.1 Å². The second-order valence-electron chi connectivity index (χ2n) is 7.81. The highest BCUT2D eigenvalue weighted by Gasteiger charge is 2.19. The highest BCUT2D eigenvalue weighted by atomic mass is 16.2. The Morgan fingerprint density at radius 2 is 1.84 bits per heavy atom. The van der Waals surface area contributed by atoms with E-state index in [0.717, 1.165) is 42.1 Å². The summed E-state index contributed by atoms with van der Waals surface area (Å²) in [5, 5.41) is 2.82. The molecule has 11 nitrogen and oxygen atoms in total. The van der Waals surface area contributed by atoms with Gasteiger partial charge in [-0.1, -0.05) is 6.07 Å². The quantitative estimate of drug-likeness (QED) is 0.551. The second kappa shape index (κ2) is 8.34. The average molecular weight is 426 g/mol. The highest BCUT2D eigenvalue weighted by Crippen LogP contribution is 2.18. The van der Waals surface area contributed by atoms with Crippen molar-refractivity contribution in [3.8, 4) is 0 Å². The molecule has 0 unspecified atom stereocenters. The average Bonchev–Trinajstić information content (AvgIpc) is 3.16. The summed E-state index contributed by atoms with van der Waals surface area (Å²) in [5.74, 6) is 0.425. The molecule has 164 valence electrons. The molecular formula is C20H26N8O3. The van der Waals surface area contributed by atoms with Crippen molar-refractivity contribution in [3.05, 3.63) is 51.1 Å². The Hall–Kier alpha value is -3.47. The molecule has 0 saturated carbocycles. The summed E-state index contributed by atoms with van der Waals surface area (Å²) in [6.07, 6.45) is 3.21. The third-order valence-corrected chi connectivity index (χ3v) is 5.65. The lowest BCUT2D eigenvalue weighted by atomic mass is 10.2. The third kappa shape index (κ3) is 3.96. The minimum atomic E-state index is -0.578. The fraction of sp³-hybridized carbons (Fsp3) is 0.450. The number of pyridine rings is 1. The number of aryl methyl sites for hydroxylation is 2. The topological polar surface area (TPSA) is 110 Å². The van der Waals surface area contributed by atoms with E-state index < -0.39 is 17.2 Å². The number of carbonyl (C=O) groups is 1. The summed E-state index contributed by atoms with van der Waals surface area (Å²) in [5.41, 5.74) is 0.349. The maximum Gasteiger partial charge on any atom is 0.332 e. The summed E-state index contributed by atoms with van der Waals surface area (Å²) in [4.78, 5) is 51.0. The molecule has 11 heteroatoms. The summed E-state index contributed by atoms with van der Waals surface area (Å²) in [6, 6.07) is 3.76. The molecule has 4 heterocycles. The molecule has 3 aromatic heterocycles. The van der Waals surface area contributed by atoms with E-state index in [4.69, 9.17) is 0 Å². The lowest BCUT2D eigenvalue weighted by Gasteiger charge is -2.34. The van der Waals surface area contributed by atoms with E-state index in [9.17, 15) is 14.4 Å². The fourth-order valence-corrected chi connectivity index (χ4v) is 3.80. The van der Waals surface area contributed by atoms with Gasteiger partial charge >= 0.3 is 5.69 Å². The number of amides is 1. The number of imidazole rings is 1. The zero-order chi connectivity index (χ0) is 22.1. The second-order valence-corrected chi connectivity index (χ2v) is 7.81. The van der Waals surface area contributed by atoms with Crippen LogP contribution in [0.25, 0.3) is 11.2 Å². The first-order valence-electron chi connectivity index (χ1n) is 10.1. The molecule has 1 fully saturated rings. The molecule has 4 rings (SSSR count). The van der Waals surface area contributed by atoms with Crippen molar-refractivity contribution in [3.63, 3.8) is 0 Å². The minimum absolute atomic E-state index is 0.261. The van der Waals surface area contributed by atoms with E-state index >= 15 is 0 Å². The Labute approximate surface area is 178 Å². The van der Waals surface area contributed by atoms with Crippen molar-refractivity contribution in [2.24, 2.45) is 14.1 Å². The number of rotatable bonds is 5. The fourth-order valence-electron chi connectivity index (χ4n) is 3.80. The number of carbonyl (C=O) groups excluding carboxylic acids is 1. The zero-order valence-corrected chi connectivity index (χ0v) is 17.9. The van der Waals surface area contributed by atoms with E-state index in [-0.39, 0.29) is 18.6 Å². The first kappa shape index (κ1) is 20.8. The van der Waals surface area contributed by atoms with Crippen LogP contribution in [0.5, 0.6) is 0 Å². The minimum Gasteiger partial charge on any atom is -0.354 e. The molecule has 0 spiro atoms. The molecule has 1 aliphatic rings. The van der Waals surface area contributed by atoms with Gasteiger partial charge in [0.15, 0.2) is 11.2 Å². The van der Waals surface area contributed by atoms with Crippen LogP contribution in [-0.2, 0) is 32.0 Å². The molecular weight excluding hydrogens is 400 g/mol. The number of aromatic nitrogens is 5. The van der Waals surface area contributed by atoms with Crippen LogP contribution in [0.4, 0.5) is 5.82 Å². The van der Waals surface area contributed by atoms with Crippen LogP contribution in [0.2, 0.25) is 0 Å². The summed E-state index contributed by atoms with van der Waals surface area (Å²) < 4.78 is 3.75. The maximum absolute atomic E-state index is 12.8. The molecule has 0 aromatic carbocycles. The molecule has 0 aliphatic carbocycles. The summed E-state index contributed by atoms with van der Waals surface area (Å²) in [7, 11) is 5.29. The number of fused-ring (bicyclic) bond motifs is 1. The van der Waals surface area contributed by atoms with Gasteiger partial charge in [-0.2, -0.15) is 0 Å². The molecule has 3 aromatic rings. The Morgan fingerprint density at radius 1 is 1.10 bits per heavy atom. The van der Waals surface area contributed by atoms with E-state index in [1.54, 1.807) is 17.8 Å². The molecule has 0 bridgehead atoms. The first-order chi connectivity index (χ1) is 14.9. The molecule has 1 saturated heterocycles. The predicted molar refractivity (Wildman–Crippen MR) is 116 cm³/mol. The van der Waals surface area contributed by atoms with Gasteiger partial charge in [0, 0.05) is 58.6 Å². The number of nitrogens with one attached hydrogen (secondary N) is 1. The van der Waals surface area contributed by atoms with Crippen LogP contribution in [0.1, 0.15) is 5.56 Å². The zero-order valence-electron chi connectivity index (χ0n) is 17.9. The van der Waals surface area contributed by atoms with E-state index in [1.165, 1.54) is 17.9 Å². The Kier molecular flexibility index (Phi) is 5.59. The molecule has 1 N–H and O–H groups in total. The van der Waals surface area contributed by atoms with Crippen LogP contribution >= 0.6 is 0 Å². The lowest BCUT2D eigenvalue weighted by molar-refractivity contribution is -0.121. The van der Waals surface area contributed by atoms with Crippen molar-refractivity contribution < 1.29 is 4.79 Å². The molecule has 0 radical (unpaired) electrons. The van der Waals surface area contributed by atoms with Gasteiger partial charge in [0.1, 0.15) is 12.4 Å². The number of piperazine rings is 1. The molecule has 1 aliphatic heterocycles. The van der Waals surface area contributed by atoms with Crippen molar-refractivity contribution in [2.75, 3.05) is 38.1 Å². The van der Waals surface area contributed by atoms with E-state index in [1.807, 2.05) is 12.1 Å². The normalized spacial score (nSPS) is 14.9. The van der Waals surface area contributed by atoms with Crippen LogP contribution in [0.15, 0.2) is 34.2 Å². The van der Waals surface area contributed by atoms with Crippen molar-refractivity contribution in [1.82, 2.24) is 33.9 Å². The Morgan fingerprint density at radius 3 is 2.58 bits per heavy atom. The van der Waals surface area contributed by atoms with E-state index in [2.05, 4.69) is 32.1 Å². The Balaban J connectivity index is 1.51. The first-order valence-corrected chi connectivity index (χ1v) is 10.1. The summed E-state index contributed by atoms with van der Waals surface area (Å²) in [6.45, 7) is 3.53. The molecule has 1 amide bonds. The number of hydrogen-bond acceptors (Lipinski definition) is 7. The largest absolute Gasteiger partial charge is 0.354 e.